The van der Waals surface area contributed by atoms with Gasteiger partial charge in [0.25, 0.3) is 5.56 Å². The lowest BCUT2D eigenvalue weighted by atomic mass is 10.1. The highest BCUT2D eigenvalue weighted by atomic mass is 32.1. The summed E-state index contributed by atoms with van der Waals surface area (Å²) in [6.07, 6.45) is 0. The van der Waals surface area contributed by atoms with Crippen molar-refractivity contribution in [2.75, 3.05) is 36.5 Å². The first kappa shape index (κ1) is 19.7. The van der Waals surface area contributed by atoms with Gasteiger partial charge in [-0.1, -0.05) is 41.9 Å². The zero-order chi connectivity index (χ0) is 20.4. The predicted octanol–water partition coefficient (Wildman–Crippen LogP) is 4.91. The van der Waals surface area contributed by atoms with Gasteiger partial charge in [-0.05, 0) is 50.6 Å². The molecule has 1 aromatic heterocycles. The second-order valence-electron chi connectivity index (χ2n) is 8.20. The van der Waals surface area contributed by atoms with E-state index in [1.807, 2.05) is 46.4 Å². The summed E-state index contributed by atoms with van der Waals surface area (Å²) in [6.45, 7) is 9.52. The number of rotatable bonds is 4. The molecule has 0 unspecified atom stereocenters. The van der Waals surface area contributed by atoms with E-state index in [1.165, 1.54) is 17.2 Å². The molecule has 1 aliphatic heterocycles. The Morgan fingerprint density at radius 3 is 2.24 bits per heavy atom. The average Bonchev–Trinajstić information content (AvgIpc) is 3.06. The Balaban J connectivity index is 1.67. The molecule has 5 nitrogen and oxygen atoms in total. The van der Waals surface area contributed by atoms with Crippen LogP contribution in [-0.2, 0) is 10.3 Å². The van der Waals surface area contributed by atoms with Gasteiger partial charge in [0.05, 0.1) is 23.6 Å². The summed E-state index contributed by atoms with van der Waals surface area (Å²) in [7, 11) is 0. The molecule has 1 N–H and O–H groups in total. The van der Waals surface area contributed by atoms with Gasteiger partial charge in [-0.25, -0.2) is 0 Å². The van der Waals surface area contributed by atoms with E-state index in [1.54, 1.807) is 0 Å². The number of nitrogens with one attached hydrogen (secondary N) is 1. The van der Waals surface area contributed by atoms with Crippen LogP contribution < -0.4 is 15.8 Å². The summed E-state index contributed by atoms with van der Waals surface area (Å²) in [5, 5.41) is 3.40. The van der Waals surface area contributed by atoms with Crippen LogP contribution in [0.15, 0.2) is 59.4 Å². The van der Waals surface area contributed by atoms with E-state index in [9.17, 15) is 4.79 Å². The lowest BCUT2D eigenvalue weighted by molar-refractivity contribution is 0.122. The second kappa shape index (κ2) is 8.05. The van der Waals surface area contributed by atoms with Gasteiger partial charge in [0.15, 0.2) is 0 Å². The summed E-state index contributed by atoms with van der Waals surface area (Å²) in [4.78, 5) is 16.5. The van der Waals surface area contributed by atoms with Gasteiger partial charge in [0, 0.05) is 24.5 Å². The quantitative estimate of drug-likeness (QED) is 0.665. The van der Waals surface area contributed by atoms with Crippen molar-refractivity contribution in [3.05, 3.63) is 65.0 Å². The number of ether oxygens (including phenoxy) is 1. The number of nitrogens with zero attached hydrogens (tertiary/aromatic N) is 2. The fourth-order valence-corrected chi connectivity index (χ4v) is 4.54. The number of hydrogen-bond acceptors (Lipinski definition) is 5. The van der Waals surface area contributed by atoms with Crippen molar-refractivity contribution in [2.24, 2.45) is 0 Å². The molecule has 29 heavy (non-hydrogen) atoms. The maximum Gasteiger partial charge on any atom is 0.285 e. The maximum atomic E-state index is 13.2. The molecule has 6 heteroatoms. The third kappa shape index (κ3) is 4.23. The van der Waals surface area contributed by atoms with Crippen molar-refractivity contribution in [1.82, 2.24) is 3.96 Å². The predicted molar refractivity (Wildman–Crippen MR) is 122 cm³/mol. The highest BCUT2D eigenvalue weighted by Crippen LogP contribution is 2.35. The Bertz CT molecular complexity index is 1010. The maximum absolute atomic E-state index is 13.2. The van der Waals surface area contributed by atoms with Gasteiger partial charge in [-0.3, -0.25) is 8.75 Å². The van der Waals surface area contributed by atoms with Crippen LogP contribution in [0, 0.1) is 0 Å². The minimum Gasteiger partial charge on any atom is -0.378 e. The first-order valence-electron chi connectivity index (χ1n) is 9.95. The van der Waals surface area contributed by atoms with Gasteiger partial charge >= 0.3 is 0 Å². The van der Waals surface area contributed by atoms with Crippen LogP contribution in [0.4, 0.5) is 17.1 Å². The first-order chi connectivity index (χ1) is 13.9. The molecular formula is C23H27N3O2S. The van der Waals surface area contributed by atoms with Crippen molar-refractivity contribution in [3.63, 3.8) is 0 Å². The van der Waals surface area contributed by atoms with E-state index in [0.29, 0.717) is 5.69 Å². The third-order valence-corrected chi connectivity index (χ3v) is 6.48. The molecule has 3 aromatic rings. The number of hydrogen-bond donors (Lipinski definition) is 1. The highest BCUT2D eigenvalue weighted by Gasteiger charge is 2.24. The number of benzene rings is 2. The normalized spacial score (nSPS) is 14.8. The molecule has 0 bridgehead atoms. The third-order valence-electron chi connectivity index (χ3n) is 4.97. The molecule has 0 saturated carbocycles. The summed E-state index contributed by atoms with van der Waals surface area (Å²) in [5.74, 6) is 0. The Hall–Kier alpha value is -2.57. The molecule has 0 spiro atoms. The molecule has 0 radical (unpaired) electrons. The number of aromatic nitrogens is 1. The second-order valence-corrected chi connectivity index (χ2v) is 9.16. The Kier molecular flexibility index (Phi) is 5.48. The molecule has 1 aliphatic rings. The summed E-state index contributed by atoms with van der Waals surface area (Å²) in [5.41, 5.74) is 3.51. The van der Waals surface area contributed by atoms with Crippen molar-refractivity contribution < 1.29 is 4.74 Å². The van der Waals surface area contributed by atoms with Gasteiger partial charge in [-0.2, -0.15) is 0 Å². The first-order valence-corrected chi connectivity index (χ1v) is 10.7. The van der Waals surface area contributed by atoms with E-state index in [-0.39, 0.29) is 11.1 Å². The highest BCUT2D eigenvalue weighted by molar-refractivity contribution is 7.11. The average molecular weight is 410 g/mol. The van der Waals surface area contributed by atoms with Crippen molar-refractivity contribution >= 4 is 28.6 Å². The van der Waals surface area contributed by atoms with E-state index in [0.717, 1.165) is 42.4 Å². The van der Waals surface area contributed by atoms with Gasteiger partial charge < -0.3 is 15.0 Å². The van der Waals surface area contributed by atoms with Crippen LogP contribution in [0.5, 0.6) is 0 Å². The molecule has 2 aromatic carbocycles. The van der Waals surface area contributed by atoms with Crippen LogP contribution in [0.3, 0.4) is 0 Å². The SMILES string of the molecule is CC(C)(C)n1sc(-c2ccccc2)c(Nc2ccc(N3CCOCC3)cc2)c1=O. The van der Waals surface area contributed by atoms with Crippen LogP contribution in [0.1, 0.15) is 20.8 Å². The van der Waals surface area contributed by atoms with Gasteiger partial charge in [0.2, 0.25) is 0 Å². The van der Waals surface area contributed by atoms with E-state index >= 15 is 0 Å². The van der Waals surface area contributed by atoms with Crippen LogP contribution in [0.25, 0.3) is 10.4 Å². The molecule has 0 atom stereocenters. The van der Waals surface area contributed by atoms with E-state index in [2.05, 4.69) is 43.1 Å². The molecule has 1 fully saturated rings. The lowest BCUT2D eigenvalue weighted by Crippen LogP contribution is -2.36. The molecule has 1 saturated heterocycles. The summed E-state index contributed by atoms with van der Waals surface area (Å²) >= 11 is 1.51. The topological polar surface area (TPSA) is 46.5 Å². The molecule has 4 rings (SSSR count). The molecule has 2 heterocycles. The van der Waals surface area contributed by atoms with E-state index < -0.39 is 0 Å². The minimum absolute atomic E-state index is 0.0126. The molecular weight excluding hydrogens is 382 g/mol. The number of anilines is 3. The standard InChI is InChI=1S/C23H27N3O2S/c1-23(2,3)26-22(27)20(21(29-26)17-7-5-4-6-8-17)24-18-9-11-19(12-10-18)25-13-15-28-16-14-25/h4-12,24H,13-16H2,1-3H3. The summed E-state index contributed by atoms with van der Waals surface area (Å²) < 4.78 is 7.28. The van der Waals surface area contributed by atoms with Crippen molar-refractivity contribution in [1.29, 1.82) is 0 Å². The van der Waals surface area contributed by atoms with Crippen LogP contribution >= 0.6 is 11.5 Å². The molecule has 0 aliphatic carbocycles. The zero-order valence-corrected chi connectivity index (χ0v) is 18.0. The largest absolute Gasteiger partial charge is 0.378 e. The zero-order valence-electron chi connectivity index (χ0n) is 17.1. The van der Waals surface area contributed by atoms with Gasteiger partial charge in [0.1, 0.15) is 5.69 Å². The summed E-state index contributed by atoms with van der Waals surface area (Å²) in [6, 6.07) is 18.4. The monoisotopic (exact) mass is 409 g/mol. The van der Waals surface area contributed by atoms with E-state index in [4.69, 9.17) is 4.74 Å². The van der Waals surface area contributed by atoms with Gasteiger partial charge in [-0.15, -0.1) is 0 Å². The Morgan fingerprint density at radius 2 is 1.62 bits per heavy atom. The fourth-order valence-electron chi connectivity index (χ4n) is 3.44. The Morgan fingerprint density at radius 1 is 0.966 bits per heavy atom. The number of morpholine rings is 1. The molecule has 0 amide bonds. The minimum atomic E-state index is -0.272. The molecule has 152 valence electrons. The Labute approximate surface area is 175 Å². The van der Waals surface area contributed by atoms with Crippen molar-refractivity contribution in [3.8, 4) is 10.4 Å². The lowest BCUT2D eigenvalue weighted by Gasteiger charge is -2.28. The van der Waals surface area contributed by atoms with Crippen LogP contribution in [0.2, 0.25) is 0 Å². The smallest absolute Gasteiger partial charge is 0.285 e. The van der Waals surface area contributed by atoms with Crippen LogP contribution in [-0.4, -0.2) is 30.3 Å². The van der Waals surface area contributed by atoms with Crippen molar-refractivity contribution in [2.45, 2.75) is 26.3 Å². The fraction of sp³-hybridized carbons (Fsp3) is 0.348.